The Hall–Kier alpha value is 0.429. The molecule has 0 amide bonds. The maximum atomic E-state index is 11.0. The monoisotopic (exact) mass is 228 g/mol. The number of hydrogen-bond donors (Lipinski definition) is 0. The van der Waals surface area contributed by atoms with Crippen molar-refractivity contribution in [2.45, 2.75) is 4.90 Å². The first-order valence-corrected chi connectivity index (χ1v) is 4.43. The lowest BCUT2D eigenvalue weighted by Gasteiger charge is -1.98. The van der Waals surface area contributed by atoms with Crippen LogP contribution in [-0.2, 0) is 14.3 Å². The van der Waals surface area contributed by atoms with Crippen LogP contribution in [0, 0.1) is 0 Å². The van der Waals surface area contributed by atoms with Crippen LogP contribution < -0.4 is 0 Å². The molecule has 0 unspecified atom stereocenters. The fourth-order valence-electron chi connectivity index (χ4n) is 0.683. The summed E-state index contributed by atoms with van der Waals surface area (Å²) in [6, 6.07) is 8.00. The van der Waals surface area contributed by atoms with Gasteiger partial charge in [0, 0.05) is 0 Å². The van der Waals surface area contributed by atoms with Crippen LogP contribution in [0.3, 0.4) is 0 Å². The van der Waals surface area contributed by atoms with Crippen LogP contribution in [0.25, 0.3) is 0 Å². The molecule has 0 aliphatic rings. The molecule has 3 nitrogen and oxygen atoms in total. The molecule has 1 rings (SSSR count). The first-order chi connectivity index (χ1) is 5.17. The van der Waals surface area contributed by atoms with E-state index in [2.05, 4.69) is 4.18 Å². The van der Waals surface area contributed by atoms with Crippen LogP contribution in [0.15, 0.2) is 35.2 Å². The second kappa shape index (κ2) is 6.82. The average molecular weight is 229 g/mol. The van der Waals surface area contributed by atoms with Crippen molar-refractivity contribution in [1.29, 1.82) is 0 Å². The summed E-state index contributed by atoms with van der Waals surface area (Å²) in [6.07, 6.45) is 0. The highest BCUT2D eigenvalue weighted by Gasteiger charge is 2.10. The molecular formula is C7H13AlMgO3S. The Morgan fingerprint density at radius 3 is 2.00 bits per heavy atom. The highest BCUT2D eigenvalue weighted by Crippen LogP contribution is 2.09. The summed E-state index contributed by atoms with van der Waals surface area (Å²) in [4.78, 5) is 0.183. The van der Waals surface area contributed by atoms with E-state index in [9.17, 15) is 8.42 Å². The molecule has 1 aromatic carbocycles. The van der Waals surface area contributed by atoms with E-state index in [0.717, 1.165) is 7.11 Å². The second-order valence-corrected chi connectivity index (χ2v) is 3.65. The molecule has 0 fully saturated rings. The van der Waals surface area contributed by atoms with Gasteiger partial charge in [-0.15, -0.1) is 0 Å². The van der Waals surface area contributed by atoms with Crippen LogP contribution in [0.5, 0.6) is 0 Å². The van der Waals surface area contributed by atoms with Crippen molar-refractivity contribution in [3.63, 3.8) is 0 Å². The Kier molecular flexibility index (Phi) is 8.33. The Morgan fingerprint density at radius 2 is 1.62 bits per heavy atom. The van der Waals surface area contributed by atoms with Crippen LogP contribution >= 0.6 is 0 Å². The van der Waals surface area contributed by atoms with E-state index in [1.54, 1.807) is 18.2 Å². The molecular weight excluding hydrogens is 215 g/mol. The van der Waals surface area contributed by atoms with Crippen molar-refractivity contribution in [1.82, 2.24) is 0 Å². The van der Waals surface area contributed by atoms with E-state index < -0.39 is 10.1 Å². The van der Waals surface area contributed by atoms with Crippen molar-refractivity contribution >= 4 is 50.5 Å². The van der Waals surface area contributed by atoms with Gasteiger partial charge in [-0.25, -0.2) is 0 Å². The standard InChI is InChI=1S/C7H8O3S.Al.Mg.5H/c1-10-11(8,9)7-5-3-2-4-6-7;;;;;;;/h2-6H,1H3;;;;;;;. The molecule has 0 atom stereocenters. The molecule has 0 bridgehead atoms. The zero-order valence-electron chi connectivity index (χ0n) is 6.02. The van der Waals surface area contributed by atoms with Crippen molar-refractivity contribution in [2.24, 2.45) is 0 Å². The predicted molar refractivity (Wildman–Crippen MR) is 59.1 cm³/mol. The van der Waals surface area contributed by atoms with Crippen molar-refractivity contribution in [3.05, 3.63) is 30.3 Å². The van der Waals surface area contributed by atoms with E-state index in [1.165, 1.54) is 12.1 Å². The van der Waals surface area contributed by atoms with Gasteiger partial charge in [-0.3, -0.25) is 4.18 Å². The highest BCUT2D eigenvalue weighted by molar-refractivity contribution is 7.86. The smallest absolute Gasteiger partial charge is 0.270 e. The molecule has 0 aromatic heterocycles. The maximum Gasteiger partial charge on any atom is 0.316 e. The summed E-state index contributed by atoms with van der Waals surface area (Å²) in [5, 5.41) is 0. The summed E-state index contributed by atoms with van der Waals surface area (Å²) in [5.74, 6) is 0. The van der Waals surface area contributed by atoms with Gasteiger partial charge < -0.3 is 0 Å². The third kappa shape index (κ3) is 4.45. The molecule has 70 valence electrons. The van der Waals surface area contributed by atoms with Crippen molar-refractivity contribution < 1.29 is 12.6 Å². The molecule has 0 aliphatic carbocycles. The van der Waals surface area contributed by atoms with Crippen LogP contribution in [-0.4, -0.2) is 55.9 Å². The van der Waals surface area contributed by atoms with E-state index in [1.807, 2.05) is 0 Å². The lowest BCUT2D eigenvalue weighted by Crippen LogP contribution is -2.01. The first kappa shape index (κ1) is 15.9. The van der Waals surface area contributed by atoms with Crippen LogP contribution in [0.2, 0.25) is 0 Å². The molecule has 0 N–H and O–H groups in total. The number of hydrogen-bond acceptors (Lipinski definition) is 3. The number of rotatable bonds is 2. The van der Waals surface area contributed by atoms with E-state index in [4.69, 9.17) is 0 Å². The fraction of sp³-hybridized carbons (Fsp3) is 0.143. The second-order valence-electron chi connectivity index (χ2n) is 1.93. The van der Waals surface area contributed by atoms with E-state index in [-0.39, 0.29) is 45.3 Å². The van der Waals surface area contributed by atoms with Gasteiger partial charge in [0.15, 0.2) is 17.4 Å². The zero-order valence-corrected chi connectivity index (χ0v) is 6.84. The van der Waals surface area contributed by atoms with Gasteiger partial charge in [0.2, 0.25) is 0 Å². The molecule has 0 heterocycles. The zero-order chi connectivity index (χ0) is 8.32. The molecule has 0 saturated heterocycles. The largest absolute Gasteiger partial charge is 0.316 e. The minimum absolute atomic E-state index is 0. The fourth-order valence-corrected chi connectivity index (χ4v) is 1.37. The van der Waals surface area contributed by atoms with Crippen LogP contribution in [0.1, 0.15) is 0 Å². The first-order valence-electron chi connectivity index (χ1n) is 3.02. The lowest BCUT2D eigenvalue weighted by atomic mass is 10.4. The SMILES string of the molecule is COS(=O)(=O)c1ccccc1.[AlH3].[MgH2]. The van der Waals surface area contributed by atoms with Gasteiger partial charge in [0.25, 0.3) is 10.1 Å². The van der Waals surface area contributed by atoms with Crippen LogP contribution in [0.4, 0.5) is 0 Å². The summed E-state index contributed by atoms with van der Waals surface area (Å²) in [7, 11) is -2.36. The normalized spacial score (nSPS) is 9.62. The van der Waals surface area contributed by atoms with Gasteiger partial charge in [-0.1, -0.05) is 18.2 Å². The molecule has 6 heteroatoms. The minimum atomic E-state index is -3.50. The third-order valence-corrected chi connectivity index (χ3v) is 2.54. The molecule has 0 aliphatic heterocycles. The Morgan fingerprint density at radius 1 is 1.15 bits per heavy atom. The minimum Gasteiger partial charge on any atom is -0.270 e. The van der Waals surface area contributed by atoms with Gasteiger partial charge in [0.1, 0.15) is 0 Å². The summed E-state index contributed by atoms with van der Waals surface area (Å²) >= 11 is 0. The topological polar surface area (TPSA) is 43.4 Å². The number of benzene rings is 1. The predicted octanol–water partition coefficient (Wildman–Crippen LogP) is -1.08. The summed E-state index contributed by atoms with van der Waals surface area (Å²) in [5.41, 5.74) is 0. The summed E-state index contributed by atoms with van der Waals surface area (Å²) in [6.45, 7) is 0. The maximum absolute atomic E-state index is 11.0. The van der Waals surface area contributed by atoms with E-state index in [0.29, 0.717) is 0 Å². The Labute approximate surface area is 105 Å². The molecule has 1 aromatic rings. The van der Waals surface area contributed by atoms with Gasteiger partial charge in [-0.05, 0) is 12.1 Å². The average Bonchev–Trinajstić information content (AvgIpc) is 2.06. The molecule has 0 spiro atoms. The van der Waals surface area contributed by atoms with Gasteiger partial charge >= 0.3 is 23.1 Å². The molecule has 0 radical (unpaired) electrons. The third-order valence-electron chi connectivity index (χ3n) is 1.25. The van der Waals surface area contributed by atoms with Crippen molar-refractivity contribution in [2.75, 3.05) is 7.11 Å². The quantitative estimate of drug-likeness (QED) is 0.478. The Balaban J connectivity index is 0. The highest BCUT2D eigenvalue weighted by atomic mass is 32.2. The van der Waals surface area contributed by atoms with Gasteiger partial charge in [-0.2, -0.15) is 8.42 Å². The molecule has 13 heavy (non-hydrogen) atoms. The van der Waals surface area contributed by atoms with Crippen molar-refractivity contribution in [3.8, 4) is 0 Å². The molecule has 0 saturated carbocycles. The van der Waals surface area contributed by atoms with E-state index >= 15 is 0 Å². The lowest BCUT2D eigenvalue weighted by molar-refractivity contribution is 0.398. The van der Waals surface area contributed by atoms with Gasteiger partial charge in [0.05, 0.1) is 12.0 Å². The summed E-state index contributed by atoms with van der Waals surface area (Å²) < 4.78 is 26.3. The Bertz CT molecular complexity index is 325.